The number of ether oxygens (including phenoxy) is 1. The van der Waals surface area contributed by atoms with Crippen LogP contribution < -0.4 is 14.8 Å². The maximum absolute atomic E-state index is 13.4. The number of aryl methyl sites for hydroxylation is 1. The molecule has 0 bridgehead atoms. The first-order valence-corrected chi connectivity index (χ1v) is 11.8. The van der Waals surface area contributed by atoms with Crippen molar-refractivity contribution in [2.45, 2.75) is 37.8 Å². The van der Waals surface area contributed by atoms with Crippen LogP contribution in [0.2, 0.25) is 0 Å². The molecular formula is C25H28N2O4S. The lowest BCUT2D eigenvalue weighted by Crippen LogP contribution is -2.32. The van der Waals surface area contributed by atoms with Crippen molar-refractivity contribution in [2.24, 2.45) is 0 Å². The fourth-order valence-electron chi connectivity index (χ4n) is 3.46. The second-order valence-corrected chi connectivity index (χ2v) is 9.53. The van der Waals surface area contributed by atoms with Crippen LogP contribution in [0.25, 0.3) is 0 Å². The Hall–Kier alpha value is -3.16. The number of amides is 1. The number of hydrogen-bond acceptors (Lipinski definition) is 4. The highest BCUT2D eigenvalue weighted by atomic mass is 32.2. The average molecular weight is 453 g/mol. The molecule has 3 rings (SSSR count). The quantitative estimate of drug-likeness (QED) is 0.536. The van der Waals surface area contributed by atoms with Crippen LogP contribution in [0, 0.1) is 6.92 Å². The SMILES string of the molecule is COc1ccc(S(=O)(=O)N[C@H](c2ccccc2)c2ccccc2C)cc1C(=O)NC(C)C. The molecule has 3 aromatic carbocycles. The standard InChI is InChI=1S/C25H28N2O4S/c1-17(2)26-25(28)22-16-20(14-15-23(22)31-4)32(29,30)27-24(19-11-6-5-7-12-19)21-13-9-8-10-18(21)3/h5-17,24,27H,1-4H3,(H,26,28)/t24-/m1/s1. The summed E-state index contributed by atoms with van der Waals surface area (Å²) in [4.78, 5) is 12.6. The minimum absolute atomic E-state index is 0.0123. The third-order valence-corrected chi connectivity index (χ3v) is 6.47. The van der Waals surface area contributed by atoms with E-state index >= 15 is 0 Å². The molecule has 1 amide bonds. The van der Waals surface area contributed by atoms with Gasteiger partial charge in [-0.05, 0) is 55.7 Å². The molecule has 0 radical (unpaired) electrons. The lowest BCUT2D eigenvalue weighted by molar-refractivity contribution is 0.0940. The predicted molar refractivity (Wildman–Crippen MR) is 125 cm³/mol. The zero-order valence-electron chi connectivity index (χ0n) is 18.6. The van der Waals surface area contributed by atoms with E-state index in [9.17, 15) is 13.2 Å². The highest BCUT2D eigenvalue weighted by Crippen LogP contribution is 2.28. The Kier molecular flexibility index (Phi) is 7.33. The fraction of sp³-hybridized carbons (Fsp3) is 0.240. The number of carbonyl (C=O) groups is 1. The van der Waals surface area contributed by atoms with Crippen molar-refractivity contribution in [3.8, 4) is 5.75 Å². The van der Waals surface area contributed by atoms with Crippen molar-refractivity contribution in [2.75, 3.05) is 7.11 Å². The molecule has 7 heteroatoms. The third kappa shape index (κ3) is 5.36. The van der Waals surface area contributed by atoms with Crippen molar-refractivity contribution < 1.29 is 17.9 Å². The maximum atomic E-state index is 13.4. The molecule has 0 aromatic heterocycles. The fourth-order valence-corrected chi connectivity index (χ4v) is 4.69. The zero-order valence-corrected chi connectivity index (χ0v) is 19.4. The molecule has 32 heavy (non-hydrogen) atoms. The van der Waals surface area contributed by atoms with Crippen LogP contribution in [0.1, 0.15) is 46.9 Å². The lowest BCUT2D eigenvalue weighted by Gasteiger charge is -2.22. The van der Waals surface area contributed by atoms with E-state index in [0.29, 0.717) is 5.75 Å². The largest absolute Gasteiger partial charge is 0.496 e. The number of hydrogen-bond donors (Lipinski definition) is 2. The lowest BCUT2D eigenvalue weighted by atomic mass is 9.96. The third-order valence-electron chi connectivity index (χ3n) is 5.05. The second kappa shape index (κ2) is 9.97. The maximum Gasteiger partial charge on any atom is 0.255 e. The summed E-state index contributed by atoms with van der Waals surface area (Å²) in [5.41, 5.74) is 2.80. The van der Waals surface area contributed by atoms with Gasteiger partial charge in [0.2, 0.25) is 10.0 Å². The highest BCUT2D eigenvalue weighted by molar-refractivity contribution is 7.89. The van der Waals surface area contributed by atoms with E-state index in [1.165, 1.54) is 25.3 Å². The number of rotatable bonds is 8. The van der Waals surface area contributed by atoms with Gasteiger partial charge < -0.3 is 10.1 Å². The molecule has 1 atom stereocenters. The number of nitrogens with one attached hydrogen (secondary N) is 2. The van der Waals surface area contributed by atoms with Crippen molar-refractivity contribution in [1.29, 1.82) is 0 Å². The smallest absolute Gasteiger partial charge is 0.255 e. The summed E-state index contributed by atoms with van der Waals surface area (Å²) in [5.74, 6) is -0.0898. The number of carbonyl (C=O) groups excluding carboxylic acids is 1. The first-order valence-electron chi connectivity index (χ1n) is 10.3. The molecule has 0 aliphatic heterocycles. The summed E-state index contributed by atoms with van der Waals surface area (Å²) >= 11 is 0. The van der Waals surface area contributed by atoms with Gasteiger partial charge in [0.1, 0.15) is 5.75 Å². The molecular weight excluding hydrogens is 424 g/mol. The molecule has 2 N–H and O–H groups in total. The first-order chi connectivity index (χ1) is 15.2. The van der Waals surface area contributed by atoms with Crippen molar-refractivity contribution in [3.63, 3.8) is 0 Å². The average Bonchev–Trinajstić information content (AvgIpc) is 2.77. The van der Waals surface area contributed by atoms with Gasteiger partial charge in [0.15, 0.2) is 0 Å². The van der Waals surface area contributed by atoms with Crippen molar-refractivity contribution in [1.82, 2.24) is 10.0 Å². The van der Waals surface area contributed by atoms with E-state index in [2.05, 4.69) is 10.0 Å². The Morgan fingerprint density at radius 2 is 1.59 bits per heavy atom. The highest BCUT2D eigenvalue weighted by Gasteiger charge is 2.26. The Labute approximate surface area is 189 Å². The normalized spacial score (nSPS) is 12.4. The summed E-state index contributed by atoms with van der Waals surface area (Å²) in [5, 5.41) is 2.78. The summed E-state index contributed by atoms with van der Waals surface area (Å²) < 4.78 is 34.9. The van der Waals surface area contributed by atoms with Gasteiger partial charge in [0, 0.05) is 6.04 Å². The van der Waals surface area contributed by atoms with Crippen LogP contribution in [-0.2, 0) is 10.0 Å². The van der Waals surface area contributed by atoms with Gasteiger partial charge >= 0.3 is 0 Å². The minimum atomic E-state index is -3.97. The van der Waals surface area contributed by atoms with Gasteiger partial charge in [-0.25, -0.2) is 8.42 Å². The Morgan fingerprint density at radius 1 is 0.938 bits per heavy atom. The van der Waals surface area contributed by atoms with Crippen LogP contribution in [-0.4, -0.2) is 27.5 Å². The van der Waals surface area contributed by atoms with Gasteiger partial charge in [-0.3, -0.25) is 4.79 Å². The van der Waals surface area contributed by atoms with Crippen LogP contribution in [0.3, 0.4) is 0 Å². The van der Waals surface area contributed by atoms with Crippen molar-refractivity contribution >= 4 is 15.9 Å². The molecule has 0 unspecified atom stereocenters. The van der Waals surface area contributed by atoms with Crippen molar-refractivity contribution in [3.05, 3.63) is 95.1 Å². The molecule has 0 heterocycles. The Morgan fingerprint density at radius 3 is 2.22 bits per heavy atom. The van der Waals surface area contributed by atoms with E-state index in [1.54, 1.807) is 0 Å². The van der Waals surface area contributed by atoms with E-state index in [-0.39, 0.29) is 16.5 Å². The van der Waals surface area contributed by atoms with Crippen LogP contribution >= 0.6 is 0 Å². The van der Waals surface area contributed by atoms with Crippen LogP contribution in [0.4, 0.5) is 0 Å². The summed E-state index contributed by atoms with van der Waals surface area (Å²) in [7, 11) is -2.53. The Balaban J connectivity index is 2.04. The molecule has 0 fully saturated rings. The molecule has 0 spiro atoms. The molecule has 168 valence electrons. The Bertz CT molecular complexity index is 1190. The topological polar surface area (TPSA) is 84.5 Å². The number of sulfonamides is 1. The second-order valence-electron chi connectivity index (χ2n) is 7.81. The minimum Gasteiger partial charge on any atom is -0.496 e. The summed E-state index contributed by atoms with van der Waals surface area (Å²) in [6, 6.07) is 20.6. The van der Waals surface area contributed by atoms with Gasteiger partial charge in [0.25, 0.3) is 5.91 Å². The predicted octanol–water partition coefficient (Wildman–Crippen LogP) is 4.21. The van der Waals surface area contributed by atoms with Gasteiger partial charge in [-0.2, -0.15) is 4.72 Å². The van der Waals surface area contributed by atoms with E-state index in [1.807, 2.05) is 75.4 Å². The van der Waals surface area contributed by atoms with E-state index < -0.39 is 22.0 Å². The van der Waals surface area contributed by atoms with E-state index in [4.69, 9.17) is 4.74 Å². The van der Waals surface area contributed by atoms with Gasteiger partial charge in [-0.15, -0.1) is 0 Å². The molecule has 0 saturated carbocycles. The molecule has 0 aliphatic carbocycles. The zero-order chi connectivity index (χ0) is 23.3. The monoisotopic (exact) mass is 452 g/mol. The molecule has 0 aliphatic rings. The molecule has 6 nitrogen and oxygen atoms in total. The molecule has 0 saturated heterocycles. The molecule has 3 aromatic rings. The van der Waals surface area contributed by atoms with Crippen LogP contribution in [0.15, 0.2) is 77.7 Å². The summed E-state index contributed by atoms with van der Waals surface area (Å²) in [6.45, 7) is 5.61. The number of methoxy groups -OCH3 is 1. The van der Waals surface area contributed by atoms with Gasteiger partial charge in [0.05, 0.1) is 23.6 Å². The van der Waals surface area contributed by atoms with Gasteiger partial charge in [-0.1, -0.05) is 54.6 Å². The van der Waals surface area contributed by atoms with E-state index in [0.717, 1.165) is 16.7 Å². The number of benzene rings is 3. The first kappa shape index (κ1) is 23.5. The van der Waals surface area contributed by atoms with Crippen LogP contribution in [0.5, 0.6) is 5.75 Å². The summed E-state index contributed by atoms with van der Waals surface area (Å²) in [6.07, 6.45) is 0.